The van der Waals surface area contributed by atoms with E-state index in [1.165, 1.54) is 0 Å². The van der Waals surface area contributed by atoms with E-state index in [0.29, 0.717) is 18.4 Å². The second-order valence-electron chi connectivity index (χ2n) is 7.37. The Labute approximate surface area is 151 Å². The maximum atomic E-state index is 13.1. The maximum absolute atomic E-state index is 13.1. The van der Waals surface area contributed by atoms with E-state index in [-0.39, 0.29) is 12.2 Å². The summed E-state index contributed by atoms with van der Waals surface area (Å²) in [5.74, 6) is -0.930. The van der Waals surface area contributed by atoms with Gasteiger partial charge in [-0.2, -0.15) is 5.26 Å². The summed E-state index contributed by atoms with van der Waals surface area (Å²) < 4.78 is 5.62. The summed E-state index contributed by atoms with van der Waals surface area (Å²) in [7, 11) is 0. The molecule has 4 nitrogen and oxygen atoms in total. The topological polar surface area (TPSA) is 67.2 Å². The summed E-state index contributed by atoms with van der Waals surface area (Å²) in [6, 6.07) is 11.2. The number of hydrogen-bond donors (Lipinski definition) is 0. The standard InChI is InChI=1S/C21H29NO3/c1-6-11-17(14-18(23)7-2)21(15-22,16-12-9-8-10-13-16)19(24)25-20(3,4)5/h8-10,12-13,17H,6-7,11,14H2,1-5H3. The molecule has 2 unspecified atom stereocenters. The molecule has 0 radical (unpaired) electrons. The molecule has 0 amide bonds. The van der Waals surface area contributed by atoms with Crippen molar-refractivity contribution in [2.75, 3.05) is 0 Å². The summed E-state index contributed by atoms with van der Waals surface area (Å²) >= 11 is 0. The minimum atomic E-state index is -1.48. The summed E-state index contributed by atoms with van der Waals surface area (Å²) in [6.07, 6.45) is 1.98. The maximum Gasteiger partial charge on any atom is 0.331 e. The van der Waals surface area contributed by atoms with Gasteiger partial charge in [0.2, 0.25) is 0 Å². The lowest BCUT2D eigenvalue weighted by atomic mass is 9.67. The molecule has 4 heteroatoms. The van der Waals surface area contributed by atoms with Gasteiger partial charge >= 0.3 is 5.97 Å². The Balaban J connectivity index is 3.50. The summed E-state index contributed by atoms with van der Waals surface area (Å²) in [5, 5.41) is 10.1. The Kier molecular flexibility index (Phi) is 7.36. The summed E-state index contributed by atoms with van der Waals surface area (Å²) in [6.45, 7) is 9.14. The SMILES string of the molecule is CCCC(CC(=O)CC)C(C#N)(C(=O)OC(C)(C)C)c1ccccc1. The molecule has 1 rings (SSSR count). The molecular weight excluding hydrogens is 314 g/mol. The average Bonchev–Trinajstić information content (AvgIpc) is 2.55. The molecule has 0 heterocycles. The first-order valence-corrected chi connectivity index (χ1v) is 8.93. The molecule has 1 aromatic rings. The molecule has 0 aliphatic heterocycles. The van der Waals surface area contributed by atoms with E-state index in [0.717, 1.165) is 6.42 Å². The zero-order chi connectivity index (χ0) is 19.1. The number of carbonyl (C=O) groups is 2. The largest absolute Gasteiger partial charge is 0.459 e. The van der Waals surface area contributed by atoms with Crippen LogP contribution in [0.25, 0.3) is 0 Å². The second-order valence-corrected chi connectivity index (χ2v) is 7.37. The highest BCUT2D eigenvalue weighted by molar-refractivity contribution is 5.89. The number of nitrogens with zero attached hydrogens (tertiary/aromatic N) is 1. The molecule has 0 spiro atoms. The fourth-order valence-electron chi connectivity index (χ4n) is 3.02. The lowest BCUT2D eigenvalue weighted by Gasteiger charge is -2.35. The average molecular weight is 343 g/mol. The van der Waals surface area contributed by atoms with Crippen LogP contribution in [-0.2, 0) is 19.7 Å². The monoisotopic (exact) mass is 343 g/mol. The number of hydrogen-bond acceptors (Lipinski definition) is 4. The molecule has 1 aromatic carbocycles. The minimum Gasteiger partial charge on any atom is -0.459 e. The first-order chi connectivity index (χ1) is 11.7. The Bertz CT molecular complexity index is 625. The first kappa shape index (κ1) is 20.9. The van der Waals surface area contributed by atoms with Crippen molar-refractivity contribution < 1.29 is 14.3 Å². The lowest BCUT2D eigenvalue weighted by molar-refractivity contribution is -0.162. The fourth-order valence-corrected chi connectivity index (χ4v) is 3.02. The molecule has 0 fully saturated rings. The number of Topliss-reactive ketones (excluding diaryl/α,β-unsaturated/α-hetero) is 1. The van der Waals surface area contributed by atoms with Gasteiger partial charge in [-0.15, -0.1) is 0 Å². The number of rotatable bonds is 8. The minimum absolute atomic E-state index is 0.0533. The second kappa shape index (κ2) is 8.80. The van der Waals surface area contributed by atoms with Crippen molar-refractivity contribution in [2.45, 2.75) is 71.3 Å². The van der Waals surface area contributed by atoms with E-state index < -0.39 is 22.9 Å². The highest BCUT2D eigenvalue weighted by atomic mass is 16.6. The number of esters is 1. The van der Waals surface area contributed by atoms with Gasteiger partial charge in [-0.05, 0) is 38.7 Å². The van der Waals surface area contributed by atoms with Gasteiger partial charge in [0, 0.05) is 12.8 Å². The van der Waals surface area contributed by atoms with Crippen molar-refractivity contribution in [3.05, 3.63) is 35.9 Å². The third-order valence-electron chi connectivity index (χ3n) is 4.24. The number of nitriles is 1. The molecule has 0 saturated heterocycles. The van der Waals surface area contributed by atoms with Crippen molar-refractivity contribution in [3.63, 3.8) is 0 Å². The number of ether oxygens (including phenoxy) is 1. The normalized spacial score (nSPS) is 14.9. The number of carbonyl (C=O) groups excluding carboxylic acids is 2. The number of benzene rings is 1. The van der Waals surface area contributed by atoms with E-state index in [1.807, 2.05) is 13.0 Å². The molecule has 0 saturated carbocycles. The third-order valence-corrected chi connectivity index (χ3v) is 4.24. The molecule has 0 aliphatic rings. The fraction of sp³-hybridized carbons (Fsp3) is 0.571. The van der Waals surface area contributed by atoms with Gasteiger partial charge in [0.15, 0.2) is 5.41 Å². The van der Waals surface area contributed by atoms with Crippen LogP contribution in [0.3, 0.4) is 0 Å². The van der Waals surface area contributed by atoms with Crippen LogP contribution in [-0.4, -0.2) is 17.4 Å². The van der Waals surface area contributed by atoms with E-state index in [9.17, 15) is 14.9 Å². The Hall–Kier alpha value is -2.15. The molecule has 0 aromatic heterocycles. The van der Waals surface area contributed by atoms with E-state index in [4.69, 9.17) is 4.74 Å². The summed E-state index contributed by atoms with van der Waals surface area (Å²) in [5.41, 5.74) is -1.59. The lowest BCUT2D eigenvalue weighted by Crippen LogP contribution is -2.46. The smallest absolute Gasteiger partial charge is 0.331 e. The highest BCUT2D eigenvalue weighted by Gasteiger charge is 2.50. The quantitative estimate of drug-likeness (QED) is 0.648. The number of ketones is 1. The molecule has 0 N–H and O–H groups in total. The van der Waals surface area contributed by atoms with Crippen molar-refractivity contribution in [2.24, 2.45) is 5.92 Å². The molecule has 0 bridgehead atoms. The molecule has 2 atom stereocenters. The van der Waals surface area contributed by atoms with Crippen molar-refractivity contribution in [3.8, 4) is 6.07 Å². The van der Waals surface area contributed by atoms with Gasteiger partial charge < -0.3 is 4.74 Å². The van der Waals surface area contributed by atoms with Crippen LogP contribution < -0.4 is 0 Å². The van der Waals surface area contributed by atoms with Gasteiger partial charge in [0.05, 0.1) is 6.07 Å². The van der Waals surface area contributed by atoms with Gasteiger partial charge in [-0.1, -0.05) is 50.6 Å². The van der Waals surface area contributed by atoms with Crippen LogP contribution in [0.2, 0.25) is 0 Å². The van der Waals surface area contributed by atoms with Crippen LogP contribution in [0.15, 0.2) is 30.3 Å². The predicted molar refractivity (Wildman–Crippen MR) is 97.9 cm³/mol. The van der Waals surface area contributed by atoms with Gasteiger partial charge in [-0.3, -0.25) is 4.79 Å². The molecule has 25 heavy (non-hydrogen) atoms. The van der Waals surface area contributed by atoms with Crippen molar-refractivity contribution in [1.82, 2.24) is 0 Å². The Morgan fingerprint density at radius 2 is 1.76 bits per heavy atom. The van der Waals surface area contributed by atoms with Gasteiger partial charge in [-0.25, -0.2) is 4.79 Å². The molecular formula is C21H29NO3. The van der Waals surface area contributed by atoms with Crippen LogP contribution in [0.5, 0.6) is 0 Å². The van der Waals surface area contributed by atoms with Crippen LogP contribution in [0.4, 0.5) is 0 Å². The van der Waals surface area contributed by atoms with Crippen LogP contribution in [0.1, 0.15) is 65.9 Å². The van der Waals surface area contributed by atoms with E-state index in [2.05, 4.69) is 6.07 Å². The molecule has 0 aliphatic carbocycles. The Morgan fingerprint density at radius 1 is 1.16 bits per heavy atom. The first-order valence-electron chi connectivity index (χ1n) is 8.93. The van der Waals surface area contributed by atoms with Crippen molar-refractivity contribution in [1.29, 1.82) is 5.26 Å². The van der Waals surface area contributed by atoms with E-state index in [1.54, 1.807) is 52.0 Å². The zero-order valence-corrected chi connectivity index (χ0v) is 16.0. The predicted octanol–water partition coefficient (Wildman–Crippen LogP) is 4.58. The van der Waals surface area contributed by atoms with Gasteiger partial charge in [0.25, 0.3) is 0 Å². The summed E-state index contributed by atoms with van der Waals surface area (Å²) in [4.78, 5) is 25.3. The zero-order valence-electron chi connectivity index (χ0n) is 16.0. The Morgan fingerprint density at radius 3 is 2.20 bits per heavy atom. The molecule has 136 valence electrons. The van der Waals surface area contributed by atoms with Crippen LogP contribution in [0, 0.1) is 17.2 Å². The van der Waals surface area contributed by atoms with Crippen LogP contribution >= 0.6 is 0 Å². The highest BCUT2D eigenvalue weighted by Crippen LogP contribution is 2.39. The third kappa shape index (κ3) is 5.16. The van der Waals surface area contributed by atoms with Gasteiger partial charge in [0.1, 0.15) is 11.4 Å². The van der Waals surface area contributed by atoms with E-state index >= 15 is 0 Å². The van der Waals surface area contributed by atoms with Crippen molar-refractivity contribution >= 4 is 11.8 Å².